The molecule has 0 atom stereocenters. The number of hydrogen-bond acceptors (Lipinski definition) is 2. The first-order valence-electron chi connectivity index (χ1n) is 9.11. The lowest BCUT2D eigenvalue weighted by Gasteiger charge is -2.21. The Bertz CT molecular complexity index is 1060. The van der Waals surface area contributed by atoms with Crippen molar-refractivity contribution in [2.45, 2.75) is 26.7 Å². The highest BCUT2D eigenvalue weighted by molar-refractivity contribution is 6.03. The van der Waals surface area contributed by atoms with E-state index < -0.39 is 11.9 Å². The van der Waals surface area contributed by atoms with Crippen LogP contribution in [0.3, 0.4) is 0 Å². The summed E-state index contributed by atoms with van der Waals surface area (Å²) in [5.74, 6) is -1.89. The molecule has 3 aromatic carbocycles. The molecule has 4 nitrogen and oxygen atoms in total. The van der Waals surface area contributed by atoms with Crippen molar-refractivity contribution in [3.63, 3.8) is 0 Å². The van der Waals surface area contributed by atoms with Gasteiger partial charge in [-0.3, -0.25) is 0 Å². The number of carboxylic acids is 2. The molecule has 0 aliphatic rings. The van der Waals surface area contributed by atoms with Gasteiger partial charge < -0.3 is 10.2 Å². The van der Waals surface area contributed by atoms with E-state index in [1.807, 2.05) is 19.1 Å². The second-order valence-electron chi connectivity index (χ2n) is 7.13. The summed E-state index contributed by atoms with van der Waals surface area (Å²) >= 11 is 0. The first-order valence-corrected chi connectivity index (χ1v) is 9.11. The Morgan fingerprint density at radius 2 is 1.25 bits per heavy atom. The second kappa shape index (κ2) is 7.69. The molecule has 2 N–H and O–H groups in total. The SMILES string of the molecule is Cc1cc(-c2ccccc2C(=O)O)c(-c2ccccc2C(=O)O)c(C(C)C)c1. The minimum atomic E-state index is -1.01. The van der Waals surface area contributed by atoms with E-state index in [1.54, 1.807) is 48.5 Å². The molecular formula is C24H22O4. The lowest BCUT2D eigenvalue weighted by atomic mass is 9.82. The predicted molar refractivity (Wildman–Crippen MR) is 110 cm³/mol. The summed E-state index contributed by atoms with van der Waals surface area (Å²) in [4.78, 5) is 23.7. The number of carboxylic acid groups (broad SMARTS) is 2. The van der Waals surface area contributed by atoms with Crippen LogP contribution >= 0.6 is 0 Å². The molecular weight excluding hydrogens is 352 g/mol. The highest BCUT2D eigenvalue weighted by Gasteiger charge is 2.22. The van der Waals surface area contributed by atoms with Crippen LogP contribution in [-0.4, -0.2) is 22.2 Å². The van der Waals surface area contributed by atoms with E-state index >= 15 is 0 Å². The van der Waals surface area contributed by atoms with Crippen molar-refractivity contribution >= 4 is 11.9 Å². The molecule has 3 rings (SSSR count). The van der Waals surface area contributed by atoms with E-state index in [1.165, 1.54) is 0 Å². The molecule has 0 amide bonds. The summed E-state index contributed by atoms with van der Waals surface area (Å²) in [6.45, 7) is 6.06. The third-order valence-corrected chi connectivity index (χ3v) is 4.81. The van der Waals surface area contributed by atoms with Gasteiger partial charge in [0.25, 0.3) is 0 Å². The molecule has 0 fully saturated rings. The zero-order chi connectivity index (χ0) is 20.4. The van der Waals surface area contributed by atoms with Crippen LogP contribution < -0.4 is 0 Å². The van der Waals surface area contributed by atoms with Crippen LogP contribution in [0, 0.1) is 6.92 Å². The van der Waals surface area contributed by atoms with Gasteiger partial charge in [0.15, 0.2) is 0 Å². The van der Waals surface area contributed by atoms with Gasteiger partial charge in [-0.1, -0.05) is 67.9 Å². The highest BCUT2D eigenvalue weighted by Crippen LogP contribution is 2.41. The molecule has 0 saturated carbocycles. The van der Waals surface area contributed by atoms with Crippen molar-refractivity contribution in [2.75, 3.05) is 0 Å². The van der Waals surface area contributed by atoms with Crippen LogP contribution in [0.15, 0.2) is 60.7 Å². The second-order valence-corrected chi connectivity index (χ2v) is 7.13. The molecule has 3 aromatic rings. The summed E-state index contributed by atoms with van der Waals surface area (Å²) < 4.78 is 0. The maximum Gasteiger partial charge on any atom is 0.336 e. The molecule has 0 radical (unpaired) electrons. The molecule has 0 heterocycles. The van der Waals surface area contributed by atoms with Gasteiger partial charge in [0.2, 0.25) is 0 Å². The largest absolute Gasteiger partial charge is 0.478 e. The molecule has 142 valence electrons. The number of aromatic carboxylic acids is 2. The normalized spacial score (nSPS) is 10.9. The topological polar surface area (TPSA) is 74.6 Å². The number of carbonyl (C=O) groups is 2. The van der Waals surface area contributed by atoms with Gasteiger partial charge >= 0.3 is 11.9 Å². The van der Waals surface area contributed by atoms with Crippen LogP contribution in [0.25, 0.3) is 22.3 Å². The molecule has 0 unspecified atom stereocenters. The van der Waals surface area contributed by atoms with Gasteiger partial charge in [-0.25, -0.2) is 9.59 Å². The Hall–Kier alpha value is -3.40. The third kappa shape index (κ3) is 3.54. The average Bonchev–Trinajstić information content (AvgIpc) is 2.67. The zero-order valence-electron chi connectivity index (χ0n) is 16.1. The van der Waals surface area contributed by atoms with Crippen molar-refractivity contribution in [1.82, 2.24) is 0 Å². The number of rotatable bonds is 5. The monoisotopic (exact) mass is 374 g/mol. The standard InChI is InChI=1S/C24H22O4/c1-14(2)20-12-15(3)13-21(16-8-4-6-10-18(16)23(25)26)22(20)17-9-5-7-11-19(17)24(27)28/h4-14H,1-3H3,(H,25,26)(H,27,28). The Labute approximate surface area is 164 Å². The van der Waals surface area contributed by atoms with E-state index in [0.717, 1.165) is 22.3 Å². The van der Waals surface area contributed by atoms with Gasteiger partial charge in [0.1, 0.15) is 0 Å². The van der Waals surface area contributed by atoms with Crippen molar-refractivity contribution in [1.29, 1.82) is 0 Å². The fourth-order valence-corrected chi connectivity index (χ4v) is 3.57. The predicted octanol–water partition coefficient (Wildman–Crippen LogP) is 5.85. The Morgan fingerprint density at radius 1 is 0.750 bits per heavy atom. The minimum absolute atomic E-state index is 0.132. The smallest absolute Gasteiger partial charge is 0.336 e. The van der Waals surface area contributed by atoms with Crippen LogP contribution in [0.2, 0.25) is 0 Å². The maximum atomic E-state index is 11.9. The lowest BCUT2D eigenvalue weighted by molar-refractivity contribution is 0.0686. The average molecular weight is 374 g/mol. The van der Waals surface area contributed by atoms with Crippen LogP contribution in [0.4, 0.5) is 0 Å². The van der Waals surface area contributed by atoms with Gasteiger partial charge in [0.05, 0.1) is 11.1 Å². The quantitative estimate of drug-likeness (QED) is 0.587. The Balaban J connectivity index is 2.47. The van der Waals surface area contributed by atoms with Crippen LogP contribution in [0.5, 0.6) is 0 Å². The van der Waals surface area contributed by atoms with Crippen molar-refractivity contribution in [3.05, 3.63) is 82.9 Å². The molecule has 28 heavy (non-hydrogen) atoms. The number of benzene rings is 3. The maximum absolute atomic E-state index is 11.9. The summed E-state index contributed by atoms with van der Waals surface area (Å²) in [7, 11) is 0. The van der Waals surface area contributed by atoms with Crippen LogP contribution in [-0.2, 0) is 0 Å². The van der Waals surface area contributed by atoms with Gasteiger partial charge in [0, 0.05) is 0 Å². The molecule has 0 aromatic heterocycles. The molecule has 0 bridgehead atoms. The van der Waals surface area contributed by atoms with E-state index in [4.69, 9.17) is 0 Å². The van der Waals surface area contributed by atoms with E-state index in [0.29, 0.717) is 11.1 Å². The summed E-state index contributed by atoms with van der Waals surface area (Å²) in [6.07, 6.45) is 0. The highest BCUT2D eigenvalue weighted by atomic mass is 16.4. The third-order valence-electron chi connectivity index (χ3n) is 4.81. The summed E-state index contributed by atoms with van der Waals surface area (Å²) in [6, 6.07) is 17.7. The Kier molecular flexibility index (Phi) is 5.32. The molecule has 4 heteroatoms. The lowest BCUT2D eigenvalue weighted by Crippen LogP contribution is -2.05. The van der Waals surface area contributed by atoms with Gasteiger partial charge in [-0.05, 0) is 52.8 Å². The summed E-state index contributed by atoms with van der Waals surface area (Å²) in [5, 5.41) is 19.4. The zero-order valence-corrected chi connectivity index (χ0v) is 16.1. The van der Waals surface area contributed by atoms with Crippen LogP contribution in [0.1, 0.15) is 51.6 Å². The summed E-state index contributed by atoms with van der Waals surface area (Å²) in [5.41, 5.74) is 5.05. The number of aryl methyl sites for hydroxylation is 1. The van der Waals surface area contributed by atoms with Crippen molar-refractivity contribution in [2.24, 2.45) is 0 Å². The van der Waals surface area contributed by atoms with Gasteiger partial charge in [-0.2, -0.15) is 0 Å². The first-order chi connectivity index (χ1) is 13.3. The molecule has 0 aliphatic carbocycles. The molecule has 0 aliphatic heterocycles. The van der Waals surface area contributed by atoms with Crippen molar-refractivity contribution in [3.8, 4) is 22.3 Å². The molecule has 0 spiro atoms. The minimum Gasteiger partial charge on any atom is -0.478 e. The van der Waals surface area contributed by atoms with E-state index in [9.17, 15) is 19.8 Å². The van der Waals surface area contributed by atoms with E-state index in [-0.39, 0.29) is 17.0 Å². The van der Waals surface area contributed by atoms with Gasteiger partial charge in [-0.15, -0.1) is 0 Å². The fraction of sp³-hybridized carbons (Fsp3) is 0.167. The number of hydrogen-bond donors (Lipinski definition) is 2. The Morgan fingerprint density at radius 3 is 1.79 bits per heavy atom. The molecule has 0 saturated heterocycles. The first kappa shape index (κ1) is 19.4. The van der Waals surface area contributed by atoms with E-state index in [2.05, 4.69) is 13.8 Å². The fourth-order valence-electron chi connectivity index (χ4n) is 3.57. The van der Waals surface area contributed by atoms with Crippen molar-refractivity contribution < 1.29 is 19.8 Å².